The van der Waals surface area contributed by atoms with Crippen molar-refractivity contribution >= 4 is 11.6 Å². The Labute approximate surface area is 96.6 Å². The molecule has 3 heteroatoms. The van der Waals surface area contributed by atoms with E-state index < -0.39 is 0 Å². The molecule has 0 radical (unpaired) electrons. The van der Waals surface area contributed by atoms with E-state index in [-0.39, 0.29) is 5.91 Å². The Bertz CT molecular complexity index is 361. The number of amides is 1. The van der Waals surface area contributed by atoms with E-state index in [4.69, 9.17) is 0 Å². The fourth-order valence-corrected chi connectivity index (χ4v) is 1.35. The van der Waals surface area contributed by atoms with Crippen molar-refractivity contribution in [1.29, 1.82) is 0 Å². The van der Waals surface area contributed by atoms with Crippen LogP contribution >= 0.6 is 0 Å². The van der Waals surface area contributed by atoms with Crippen LogP contribution in [0.2, 0.25) is 0 Å². The van der Waals surface area contributed by atoms with E-state index in [1.165, 1.54) is 0 Å². The standard InChI is InChI=1S/C13H18N2O/c1-3-8-14-9-7-13(16)15-12-6-4-5-11(2)10-12/h3-6,10,14H,1,7-9H2,2H3,(H,15,16). The maximum atomic E-state index is 11.5. The quantitative estimate of drug-likeness (QED) is 0.567. The third kappa shape index (κ3) is 4.75. The van der Waals surface area contributed by atoms with Crippen LogP contribution in [0.25, 0.3) is 0 Å². The van der Waals surface area contributed by atoms with Crippen molar-refractivity contribution in [2.45, 2.75) is 13.3 Å². The summed E-state index contributed by atoms with van der Waals surface area (Å²) in [5.41, 5.74) is 2.00. The molecule has 0 saturated carbocycles. The van der Waals surface area contributed by atoms with E-state index in [0.29, 0.717) is 13.0 Å². The van der Waals surface area contributed by atoms with E-state index >= 15 is 0 Å². The molecular formula is C13H18N2O. The van der Waals surface area contributed by atoms with Crippen molar-refractivity contribution in [2.75, 3.05) is 18.4 Å². The van der Waals surface area contributed by atoms with Crippen LogP contribution < -0.4 is 10.6 Å². The average molecular weight is 218 g/mol. The van der Waals surface area contributed by atoms with Crippen LogP contribution in [0.15, 0.2) is 36.9 Å². The molecule has 16 heavy (non-hydrogen) atoms. The van der Waals surface area contributed by atoms with Gasteiger partial charge in [-0.2, -0.15) is 0 Å². The van der Waals surface area contributed by atoms with Crippen LogP contribution in [0.4, 0.5) is 5.69 Å². The fourth-order valence-electron chi connectivity index (χ4n) is 1.35. The predicted octanol–water partition coefficient (Wildman–Crippen LogP) is 2.10. The highest BCUT2D eigenvalue weighted by Gasteiger charge is 2.01. The Morgan fingerprint density at radius 1 is 1.50 bits per heavy atom. The number of benzene rings is 1. The molecule has 1 rings (SSSR count). The molecule has 86 valence electrons. The van der Waals surface area contributed by atoms with Crippen molar-refractivity contribution in [1.82, 2.24) is 5.32 Å². The van der Waals surface area contributed by atoms with Gasteiger partial charge in [0, 0.05) is 25.2 Å². The topological polar surface area (TPSA) is 41.1 Å². The maximum absolute atomic E-state index is 11.5. The summed E-state index contributed by atoms with van der Waals surface area (Å²) in [7, 11) is 0. The third-order valence-electron chi connectivity index (χ3n) is 2.12. The van der Waals surface area contributed by atoms with Crippen molar-refractivity contribution in [2.24, 2.45) is 0 Å². The average Bonchev–Trinajstić information content (AvgIpc) is 2.24. The van der Waals surface area contributed by atoms with Gasteiger partial charge >= 0.3 is 0 Å². The molecule has 3 nitrogen and oxygen atoms in total. The van der Waals surface area contributed by atoms with Crippen LogP contribution in [-0.2, 0) is 4.79 Å². The van der Waals surface area contributed by atoms with Crippen molar-refractivity contribution in [3.8, 4) is 0 Å². The molecule has 0 aliphatic rings. The van der Waals surface area contributed by atoms with E-state index in [1.807, 2.05) is 31.2 Å². The maximum Gasteiger partial charge on any atom is 0.225 e. The lowest BCUT2D eigenvalue weighted by Crippen LogP contribution is -2.21. The Hall–Kier alpha value is -1.61. The van der Waals surface area contributed by atoms with Gasteiger partial charge in [-0.15, -0.1) is 6.58 Å². The highest BCUT2D eigenvalue weighted by molar-refractivity contribution is 5.90. The Morgan fingerprint density at radius 2 is 2.31 bits per heavy atom. The number of aryl methyl sites for hydroxylation is 1. The number of rotatable bonds is 6. The Balaban J connectivity index is 2.31. The van der Waals surface area contributed by atoms with Crippen molar-refractivity contribution in [3.63, 3.8) is 0 Å². The number of nitrogens with one attached hydrogen (secondary N) is 2. The monoisotopic (exact) mass is 218 g/mol. The molecule has 0 unspecified atom stereocenters. The number of anilines is 1. The molecule has 0 bridgehead atoms. The van der Waals surface area contributed by atoms with Crippen LogP contribution in [-0.4, -0.2) is 19.0 Å². The SMILES string of the molecule is C=CCNCCC(=O)Nc1cccc(C)c1. The number of carbonyl (C=O) groups excluding carboxylic acids is 1. The van der Waals surface area contributed by atoms with E-state index in [1.54, 1.807) is 6.08 Å². The van der Waals surface area contributed by atoms with Crippen LogP contribution in [0.5, 0.6) is 0 Å². The van der Waals surface area contributed by atoms with E-state index in [0.717, 1.165) is 17.8 Å². The van der Waals surface area contributed by atoms with Crippen molar-refractivity contribution in [3.05, 3.63) is 42.5 Å². The van der Waals surface area contributed by atoms with Gasteiger partial charge < -0.3 is 10.6 Å². The number of hydrogen-bond acceptors (Lipinski definition) is 2. The first-order chi connectivity index (χ1) is 7.72. The molecule has 0 heterocycles. The molecule has 0 spiro atoms. The normalized spacial score (nSPS) is 9.81. The van der Waals surface area contributed by atoms with Gasteiger partial charge in [0.05, 0.1) is 0 Å². The zero-order valence-electron chi connectivity index (χ0n) is 9.62. The second-order valence-corrected chi connectivity index (χ2v) is 3.66. The van der Waals surface area contributed by atoms with Gasteiger partial charge in [-0.3, -0.25) is 4.79 Å². The minimum Gasteiger partial charge on any atom is -0.326 e. The number of carbonyl (C=O) groups is 1. The van der Waals surface area contributed by atoms with Gasteiger partial charge in [0.2, 0.25) is 5.91 Å². The third-order valence-corrected chi connectivity index (χ3v) is 2.12. The number of hydrogen-bond donors (Lipinski definition) is 2. The first-order valence-electron chi connectivity index (χ1n) is 5.40. The van der Waals surface area contributed by atoms with Crippen LogP contribution in [0.1, 0.15) is 12.0 Å². The fraction of sp³-hybridized carbons (Fsp3) is 0.308. The molecule has 0 atom stereocenters. The summed E-state index contributed by atoms with van der Waals surface area (Å²) < 4.78 is 0. The second-order valence-electron chi connectivity index (χ2n) is 3.66. The van der Waals surface area contributed by atoms with E-state index in [9.17, 15) is 4.79 Å². The molecule has 0 saturated heterocycles. The molecule has 1 aromatic carbocycles. The minimum atomic E-state index is 0.0298. The van der Waals surface area contributed by atoms with E-state index in [2.05, 4.69) is 17.2 Å². The molecule has 0 fully saturated rings. The van der Waals surface area contributed by atoms with Crippen LogP contribution in [0, 0.1) is 6.92 Å². The van der Waals surface area contributed by atoms with Gasteiger partial charge in [0.1, 0.15) is 0 Å². The highest BCUT2D eigenvalue weighted by Crippen LogP contribution is 2.09. The van der Waals surface area contributed by atoms with Crippen LogP contribution in [0.3, 0.4) is 0 Å². The Morgan fingerprint density at radius 3 is 3.00 bits per heavy atom. The zero-order chi connectivity index (χ0) is 11.8. The molecular weight excluding hydrogens is 200 g/mol. The summed E-state index contributed by atoms with van der Waals surface area (Å²) >= 11 is 0. The smallest absolute Gasteiger partial charge is 0.225 e. The molecule has 0 aromatic heterocycles. The second kappa shape index (κ2) is 6.80. The summed E-state index contributed by atoms with van der Waals surface area (Å²) in [6.45, 7) is 7.00. The van der Waals surface area contributed by atoms with Gasteiger partial charge in [-0.1, -0.05) is 18.2 Å². The molecule has 0 aliphatic carbocycles. The summed E-state index contributed by atoms with van der Waals surface area (Å²) in [4.78, 5) is 11.5. The summed E-state index contributed by atoms with van der Waals surface area (Å²) in [5.74, 6) is 0.0298. The lowest BCUT2D eigenvalue weighted by molar-refractivity contribution is -0.116. The molecule has 0 aliphatic heterocycles. The highest BCUT2D eigenvalue weighted by atomic mass is 16.1. The molecule has 1 aromatic rings. The molecule has 1 amide bonds. The minimum absolute atomic E-state index is 0.0298. The summed E-state index contributed by atoms with van der Waals surface area (Å²) in [5, 5.41) is 5.94. The van der Waals surface area contributed by atoms with Gasteiger partial charge in [0.15, 0.2) is 0 Å². The Kier molecular flexibility index (Phi) is 5.29. The largest absolute Gasteiger partial charge is 0.326 e. The van der Waals surface area contributed by atoms with Gasteiger partial charge in [-0.25, -0.2) is 0 Å². The zero-order valence-corrected chi connectivity index (χ0v) is 9.62. The summed E-state index contributed by atoms with van der Waals surface area (Å²) in [6.07, 6.45) is 2.25. The van der Waals surface area contributed by atoms with Crippen molar-refractivity contribution < 1.29 is 4.79 Å². The van der Waals surface area contributed by atoms with Gasteiger partial charge in [0.25, 0.3) is 0 Å². The molecule has 2 N–H and O–H groups in total. The predicted molar refractivity (Wildman–Crippen MR) is 67.5 cm³/mol. The lowest BCUT2D eigenvalue weighted by atomic mass is 10.2. The first kappa shape index (κ1) is 12.5. The summed E-state index contributed by atoms with van der Waals surface area (Å²) in [6, 6.07) is 7.78. The lowest BCUT2D eigenvalue weighted by Gasteiger charge is -2.06. The first-order valence-corrected chi connectivity index (χ1v) is 5.40. The van der Waals surface area contributed by atoms with Gasteiger partial charge in [-0.05, 0) is 24.6 Å².